The van der Waals surface area contributed by atoms with Gasteiger partial charge in [0.2, 0.25) is 5.91 Å². The van der Waals surface area contributed by atoms with Gasteiger partial charge in [-0.05, 0) is 12.5 Å². The van der Waals surface area contributed by atoms with Crippen LogP contribution < -0.4 is 10.1 Å². The zero-order chi connectivity index (χ0) is 25.3. The molecule has 0 saturated carbocycles. The summed E-state index contributed by atoms with van der Waals surface area (Å²) in [5.74, 6) is -1.58. The Labute approximate surface area is 210 Å². The number of nitrogens with one attached hydrogen (secondary N) is 1. The first-order valence-electron chi connectivity index (χ1n) is 10.1. The minimum absolute atomic E-state index is 0.0329. The topological polar surface area (TPSA) is 183 Å². The molecule has 186 valence electrons. The average Bonchev–Trinajstić information content (AvgIpc) is 3.44. The molecule has 0 radical (unpaired) electrons. The zero-order valence-electron chi connectivity index (χ0n) is 18.4. The third-order valence-electron chi connectivity index (χ3n) is 5.11. The normalized spacial score (nSPS) is 19.3. The highest BCUT2D eigenvalue weighted by atomic mass is 32.2. The van der Waals surface area contributed by atoms with Gasteiger partial charge in [0.1, 0.15) is 28.3 Å². The standard InChI is InChI=1S/C18H19N7O7S3/c1-8-20-21-18(35-8)34-7-9-6-33-16-12(15(27)24(16)13(9)17(28)29)19-11(26)3-4-23-5-10(25(30)31)14(22-23)32-2/h5,12,16H,3-4,6-7H2,1-2H3,(H,19,26)(H,28,29)/t12-,16+/m0/s1. The Kier molecular flexibility index (Phi) is 7.27. The summed E-state index contributed by atoms with van der Waals surface area (Å²) in [6.07, 6.45) is 1.07. The number of amides is 2. The van der Waals surface area contributed by atoms with Gasteiger partial charge in [-0.2, -0.15) is 0 Å². The number of aromatic nitrogens is 4. The highest BCUT2D eigenvalue weighted by Gasteiger charge is 2.54. The van der Waals surface area contributed by atoms with Gasteiger partial charge in [0.25, 0.3) is 5.91 Å². The third-order valence-corrected chi connectivity index (χ3v) is 8.51. The van der Waals surface area contributed by atoms with E-state index in [0.29, 0.717) is 21.4 Å². The van der Waals surface area contributed by atoms with Gasteiger partial charge in [0.15, 0.2) is 4.34 Å². The van der Waals surface area contributed by atoms with E-state index in [1.54, 1.807) is 0 Å². The van der Waals surface area contributed by atoms with Crippen LogP contribution in [0.15, 0.2) is 21.8 Å². The SMILES string of the molecule is COc1nn(CCC(=O)N[C@H]2C(=O)N3C(C(=O)O)=C(CSc4nnc(C)s4)CS[C@H]23)cc1[N+](=O)[O-]. The number of fused-ring (bicyclic) bond motifs is 1. The fraction of sp³-hybridized carbons (Fsp3) is 0.444. The highest BCUT2D eigenvalue weighted by Crippen LogP contribution is 2.41. The summed E-state index contributed by atoms with van der Waals surface area (Å²) in [7, 11) is 1.25. The lowest BCUT2D eigenvalue weighted by atomic mass is 10.0. The minimum atomic E-state index is -1.20. The maximum absolute atomic E-state index is 12.8. The van der Waals surface area contributed by atoms with Crippen LogP contribution in [0.1, 0.15) is 11.4 Å². The summed E-state index contributed by atoms with van der Waals surface area (Å²) in [4.78, 5) is 48.7. The van der Waals surface area contributed by atoms with E-state index in [0.717, 1.165) is 11.2 Å². The molecule has 2 N–H and O–H groups in total. The Morgan fingerprint density at radius 1 is 1.43 bits per heavy atom. The number of carbonyl (C=O) groups is 3. The number of aliphatic carboxylic acids is 1. The number of rotatable bonds is 10. The predicted octanol–water partition coefficient (Wildman–Crippen LogP) is 0.881. The summed E-state index contributed by atoms with van der Waals surface area (Å²) in [6.45, 7) is 1.86. The van der Waals surface area contributed by atoms with Gasteiger partial charge in [-0.25, -0.2) is 4.79 Å². The summed E-state index contributed by atoms with van der Waals surface area (Å²) in [6, 6.07) is -0.858. The van der Waals surface area contributed by atoms with E-state index < -0.39 is 34.1 Å². The Balaban J connectivity index is 1.36. The molecule has 2 aromatic heterocycles. The van der Waals surface area contributed by atoms with Crippen molar-refractivity contribution in [3.05, 3.63) is 32.6 Å². The van der Waals surface area contributed by atoms with Crippen molar-refractivity contribution in [2.24, 2.45) is 0 Å². The molecule has 1 fully saturated rings. The van der Waals surface area contributed by atoms with Crippen molar-refractivity contribution in [1.29, 1.82) is 0 Å². The van der Waals surface area contributed by atoms with Crippen LogP contribution in [0, 0.1) is 17.0 Å². The molecule has 0 spiro atoms. The zero-order valence-corrected chi connectivity index (χ0v) is 20.8. The van der Waals surface area contributed by atoms with Gasteiger partial charge in [-0.15, -0.1) is 27.1 Å². The second-order valence-electron chi connectivity index (χ2n) is 7.38. The van der Waals surface area contributed by atoms with Crippen LogP contribution in [-0.2, 0) is 20.9 Å². The third kappa shape index (κ3) is 5.10. The van der Waals surface area contributed by atoms with E-state index in [9.17, 15) is 29.6 Å². The Morgan fingerprint density at radius 2 is 2.20 bits per heavy atom. The van der Waals surface area contributed by atoms with E-state index in [1.807, 2.05) is 6.92 Å². The smallest absolute Gasteiger partial charge is 0.352 e. The van der Waals surface area contributed by atoms with Crippen molar-refractivity contribution >= 4 is 58.3 Å². The molecule has 0 bridgehead atoms. The number of carboxylic acid groups (broad SMARTS) is 1. The van der Waals surface area contributed by atoms with Crippen molar-refractivity contribution in [1.82, 2.24) is 30.2 Å². The van der Waals surface area contributed by atoms with Gasteiger partial charge in [-0.1, -0.05) is 23.1 Å². The van der Waals surface area contributed by atoms with Crippen LogP contribution in [-0.4, -0.2) is 82.7 Å². The van der Waals surface area contributed by atoms with Crippen LogP contribution >= 0.6 is 34.9 Å². The highest BCUT2D eigenvalue weighted by molar-refractivity contribution is 8.01. The lowest BCUT2D eigenvalue weighted by Crippen LogP contribution is -2.70. The summed E-state index contributed by atoms with van der Waals surface area (Å²) < 4.78 is 6.79. The molecule has 2 aliphatic rings. The van der Waals surface area contributed by atoms with Crippen LogP contribution in [0.3, 0.4) is 0 Å². The summed E-state index contributed by atoms with van der Waals surface area (Å²) in [5.41, 5.74) is 0.220. The fourth-order valence-electron chi connectivity index (χ4n) is 3.52. The van der Waals surface area contributed by atoms with Crippen LogP contribution in [0.2, 0.25) is 0 Å². The molecule has 17 heteroatoms. The van der Waals surface area contributed by atoms with Gasteiger partial charge in [0.05, 0.1) is 18.6 Å². The molecule has 2 atom stereocenters. The van der Waals surface area contributed by atoms with Crippen LogP contribution in [0.5, 0.6) is 5.88 Å². The van der Waals surface area contributed by atoms with E-state index in [-0.39, 0.29) is 30.2 Å². The molecular formula is C18H19N7O7S3. The quantitative estimate of drug-likeness (QED) is 0.188. The number of aryl methyl sites for hydroxylation is 2. The van der Waals surface area contributed by atoms with Crippen molar-refractivity contribution in [2.45, 2.75) is 35.6 Å². The number of β-lactam (4-membered cyclic amide) rings is 1. The molecule has 14 nitrogen and oxygen atoms in total. The molecule has 35 heavy (non-hydrogen) atoms. The first-order valence-corrected chi connectivity index (χ1v) is 12.9. The maximum Gasteiger partial charge on any atom is 0.352 e. The van der Waals surface area contributed by atoms with Crippen molar-refractivity contribution < 1.29 is 29.2 Å². The van der Waals surface area contributed by atoms with Crippen molar-refractivity contribution in [3.63, 3.8) is 0 Å². The van der Waals surface area contributed by atoms with Gasteiger partial charge >= 0.3 is 17.5 Å². The maximum atomic E-state index is 12.8. The molecule has 4 heterocycles. The lowest BCUT2D eigenvalue weighted by Gasteiger charge is -2.49. The van der Waals surface area contributed by atoms with Crippen LogP contribution in [0.4, 0.5) is 5.69 Å². The number of thioether (sulfide) groups is 2. The molecule has 0 aliphatic carbocycles. The molecule has 0 unspecified atom stereocenters. The lowest BCUT2D eigenvalue weighted by molar-refractivity contribution is -0.385. The van der Waals surface area contributed by atoms with Crippen molar-refractivity contribution in [2.75, 3.05) is 18.6 Å². The van der Waals surface area contributed by atoms with Gasteiger partial charge in [0, 0.05) is 17.9 Å². The van der Waals surface area contributed by atoms with Gasteiger partial charge in [-0.3, -0.25) is 29.3 Å². The predicted molar refractivity (Wildman–Crippen MR) is 125 cm³/mol. The molecular weight excluding hydrogens is 522 g/mol. The van der Waals surface area contributed by atoms with E-state index in [4.69, 9.17) is 4.74 Å². The second kappa shape index (κ2) is 10.2. The molecule has 2 aliphatic heterocycles. The first-order chi connectivity index (χ1) is 16.7. The van der Waals surface area contributed by atoms with Crippen LogP contribution in [0.25, 0.3) is 0 Å². The minimum Gasteiger partial charge on any atom is -0.477 e. The number of nitro groups is 1. The number of hydrogen-bond acceptors (Lipinski definition) is 12. The van der Waals surface area contributed by atoms with Gasteiger partial charge < -0.3 is 15.2 Å². The first kappa shape index (κ1) is 24.9. The number of nitrogens with zero attached hydrogens (tertiary/aromatic N) is 6. The summed E-state index contributed by atoms with van der Waals surface area (Å²) >= 11 is 4.15. The molecule has 1 saturated heterocycles. The second-order valence-corrected chi connectivity index (χ2v) is 10.9. The number of carbonyl (C=O) groups excluding carboxylic acids is 2. The monoisotopic (exact) mass is 541 g/mol. The summed E-state index contributed by atoms with van der Waals surface area (Å²) in [5, 5.41) is 35.5. The number of ether oxygens (including phenoxy) is 1. The average molecular weight is 542 g/mol. The molecule has 0 aromatic carbocycles. The van der Waals surface area contributed by atoms with E-state index in [2.05, 4.69) is 20.6 Å². The van der Waals surface area contributed by atoms with E-state index in [1.165, 1.54) is 51.6 Å². The number of hydrogen-bond donors (Lipinski definition) is 2. The largest absolute Gasteiger partial charge is 0.477 e. The Hall–Kier alpha value is -3.18. The molecule has 2 aromatic rings. The number of carboxylic acids is 1. The number of methoxy groups -OCH3 is 1. The van der Waals surface area contributed by atoms with E-state index >= 15 is 0 Å². The van der Waals surface area contributed by atoms with Crippen molar-refractivity contribution in [3.8, 4) is 5.88 Å². The Bertz CT molecular complexity index is 1230. The molecule has 4 rings (SSSR count). The Morgan fingerprint density at radius 3 is 2.80 bits per heavy atom. The molecule has 2 amide bonds. The fourth-order valence-corrected chi connectivity index (χ4v) is 6.82.